The molecule has 2 N–H and O–H groups in total. The predicted molar refractivity (Wildman–Crippen MR) is 140 cm³/mol. The molecule has 0 aliphatic carbocycles. The number of carbonyl (C=O) groups is 1. The first kappa shape index (κ1) is 22.9. The van der Waals surface area contributed by atoms with Crippen LogP contribution < -0.4 is 15.5 Å². The third-order valence-corrected chi connectivity index (χ3v) is 6.13. The largest absolute Gasteiger partial charge is 0.378 e. The lowest BCUT2D eigenvalue weighted by Gasteiger charge is -2.28. The zero-order valence-electron chi connectivity index (χ0n) is 20.2. The normalized spacial score (nSPS) is 14.4. The summed E-state index contributed by atoms with van der Waals surface area (Å²) in [7, 11) is 3.98. The second-order valence-corrected chi connectivity index (χ2v) is 8.77. The number of allylic oxidation sites excluding steroid dienone is 1. The van der Waals surface area contributed by atoms with Crippen molar-refractivity contribution < 1.29 is 4.79 Å². The maximum absolute atomic E-state index is 13.5. The number of amides is 1. The maximum atomic E-state index is 13.5. The van der Waals surface area contributed by atoms with Gasteiger partial charge in [-0.3, -0.25) is 4.79 Å². The topological polar surface area (TPSA) is 98.9 Å². The zero-order chi connectivity index (χ0) is 25.2. The van der Waals surface area contributed by atoms with Crippen LogP contribution in [0, 0.1) is 11.3 Å². The van der Waals surface area contributed by atoms with Crippen LogP contribution in [0.2, 0.25) is 0 Å². The van der Waals surface area contributed by atoms with Crippen molar-refractivity contribution in [3.05, 3.63) is 101 Å². The summed E-state index contributed by atoms with van der Waals surface area (Å²) >= 11 is 0. The highest BCUT2D eigenvalue weighted by atomic mass is 16.1. The van der Waals surface area contributed by atoms with E-state index in [1.54, 1.807) is 16.8 Å². The van der Waals surface area contributed by atoms with Gasteiger partial charge in [-0.05, 0) is 61.0 Å². The Balaban J connectivity index is 1.58. The Morgan fingerprint density at radius 2 is 1.72 bits per heavy atom. The van der Waals surface area contributed by atoms with Gasteiger partial charge >= 0.3 is 0 Å². The van der Waals surface area contributed by atoms with E-state index in [1.165, 1.54) is 0 Å². The van der Waals surface area contributed by atoms with E-state index < -0.39 is 6.04 Å². The number of rotatable bonds is 5. The standard InChI is InChI=1S/C28H25N7O/c1-18-24(27(36)31-22-7-5-4-6-8-22)25(20-11-9-19(17-29)10-12-20)35-28(30-18)32-26(33-35)21-13-15-23(16-14-21)34(2)3/h4-16,25H,1-3H3,(H,31,36)(H,30,32,33). The Morgan fingerprint density at radius 1 is 1.03 bits per heavy atom. The van der Waals surface area contributed by atoms with Crippen LogP contribution in [0.4, 0.5) is 17.3 Å². The van der Waals surface area contributed by atoms with E-state index in [0.29, 0.717) is 34.3 Å². The molecule has 1 aliphatic rings. The predicted octanol–water partition coefficient (Wildman–Crippen LogP) is 4.81. The zero-order valence-corrected chi connectivity index (χ0v) is 20.2. The van der Waals surface area contributed by atoms with Crippen LogP contribution in [-0.4, -0.2) is 34.8 Å². The quantitative estimate of drug-likeness (QED) is 0.430. The number of anilines is 3. The molecule has 0 fully saturated rings. The number of para-hydroxylation sites is 1. The van der Waals surface area contributed by atoms with Crippen LogP contribution in [0.3, 0.4) is 0 Å². The highest BCUT2D eigenvalue weighted by molar-refractivity contribution is 6.06. The molecule has 36 heavy (non-hydrogen) atoms. The summed E-state index contributed by atoms with van der Waals surface area (Å²) in [4.78, 5) is 20.3. The van der Waals surface area contributed by atoms with Crippen molar-refractivity contribution in [3.63, 3.8) is 0 Å². The van der Waals surface area contributed by atoms with Crippen molar-refractivity contribution in [3.8, 4) is 17.5 Å². The summed E-state index contributed by atoms with van der Waals surface area (Å²) < 4.78 is 1.74. The molecule has 8 nitrogen and oxygen atoms in total. The monoisotopic (exact) mass is 475 g/mol. The van der Waals surface area contributed by atoms with E-state index in [-0.39, 0.29) is 5.91 Å². The van der Waals surface area contributed by atoms with E-state index in [0.717, 1.165) is 16.8 Å². The number of nitriles is 1. The number of nitrogens with one attached hydrogen (secondary N) is 2. The van der Waals surface area contributed by atoms with E-state index >= 15 is 0 Å². The van der Waals surface area contributed by atoms with Crippen LogP contribution >= 0.6 is 0 Å². The fraction of sp³-hybridized carbons (Fsp3) is 0.143. The van der Waals surface area contributed by atoms with Crippen molar-refractivity contribution in [2.45, 2.75) is 13.0 Å². The molecule has 178 valence electrons. The van der Waals surface area contributed by atoms with Gasteiger partial charge in [0.15, 0.2) is 5.82 Å². The third-order valence-electron chi connectivity index (χ3n) is 6.13. The number of aromatic nitrogens is 3. The lowest BCUT2D eigenvalue weighted by molar-refractivity contribution is -0.113. The Bertz CT molecular complexity index is 1480. The van der Waals surface area contributed by atoms with Crippen LogP contribution in [0.25, 0.3) is 11.4 Å². The first-order valence-electron chi connectivity index (χ1n) is 11.5. The summed E-state index contributed by atoms with van der Waals surface area (Å²) in [6.07, 6.45) is 0. The summed E-state index contributed by atoms with van der Waals surface area (Å²) in [5.74, 6) is 0.863. The van der Waals surface area contributed by atoms with Gasteiger partial charge in [0.05, 0.1) is 17.2 Å². The molecule has 0 saturated heterocycles. The smallest absolute Gasteiger partial charge is 0.255 e. The minimum atomic E-state index is -0.528. The van der Waals surface area contributed by atoms with Gasteiger partial charge in [-0.1, -0.05) is 30.3 Å². The number of nitrogens with zero attached hydrogens (tertiary/aromatic N) is 5. The molecule has 2 heterocycles. The molecule has 0 spiro atoms. The van der Waals surface area contributed by atoms with Crippen molar-refractivity contribution in [1.82, 2.24) is 14.8 Å². The second kappa shape index (κ2) is 9.39. The Hall–Kier alpha value is -4.90. The molecule has 1 amide bonds. The van der Waals surface area contributed by atoms with Crippen molar-refractivity contribution in [1.29, 1.82) is 5.26 Å². The first-order valence-corrected chi connectivity index (χ1v) is 11.5. The van der Waals surface area contributed by atoms with Gasteiger partial charge in [0, 0.05) is 36.7 Å². The highest BCUT2D eigenvalue weighted by Crippen LogP contribution is 2.37. The van der Waals surface area contributed by atoms with E-state index in [2.05, 4.69) is 16.7 Å². The van der Waals surface area contributed by atoms with E-state index in [4.69, 9.17) is 10.1 Å². The van der Waals surface area contributed by atoms with Crippen molar-refractivity contribution in [2.75, 3.05) is 29.6 Å². The molecule has 1 aliphatic heterocycles. The molecule has 4 aromatic rings. The number of fused-ring (bicyclic) bond motifs is 1. The molecule has 1 aromatic heterocycles. The Kier molecular flexibility index (Phi) is 5.97. The highest BCUT2D eigenvalue weighted by Gasteiger charge is 2.34. The van der Waals surface area contributed by atoms with E-state index in [9.17, 15) is 10.1 Å². The number of hydrogen-bond acceptors (Lipinski definition) is 6. The molecule has 5 rings (SSSR count). The van der Waals surface area contributed by atoms with Crippen LogP contribution in [0.1, 0.15) is 24.1 Å². The van der Waals surface area contributed by atoms with Crippen LogP contribution in [0.15, 0.2) is 90.1 Å². The molecule has 1 unspecified atom stereocenters. The van der Waals surface area contributed by atoms with Gasteiger partial charge in [0.2, 0.25) is 5.95 Å². The summed E-state index contributed by atoms with van der Waals surface area (Å²) in [5.41, 5.74) is 5.23. The van der Waals surface area contributed by atoms with Gasteiger partial charge in [0.1, 0.15) is 6.04 Å². The van der Waals surface area contributed by atoms with Crippen LogP contribution in [0.5, 0.6) is 0 Å². The molecular formula is C28H25N7O. The average molecular weight is 476 g/mol. The fourth-order valence-corrected chi connectivity index (χ4v) is 4.24. The molecule has 0 radical (unpaired) electrons. The van der Waals surface area contributed by atoms with Gasteiger partial charge < -0.3 is 15.5 Å². The average Bonchev–Trinajstić information content (AvgIpc) is 3.32. The van der Waals surface area contributed by atoms with Gasteiger partial charge in [-0.25, -0.2) is 4.68 Å². The Morgan fingerprint density at radius 3 is 2.36 bits per heavy atom. The summed E-state index contributed by atoms with van der Waals surface area (Å²) in [5, 5.41) is 20.3. The first-order chi connectivity index (χ1) is 17.4. The van der Waals surface area contributed by atoms with E-state index in [1.807, 2.05) is 92.6 Å². The molecule has 0 bridgehead atoms. The number of benzene rings is 3. The Labute approximate surface area is 209 Å². The minimum Gasteiger partial charge on any atom is -0.378 e. The fourth-order valence-electron chi connectivity index (χ4n) is 4.24. The third kappa shape index (κ3) is 4.30. The number of carbonyl (C=O) groups excluding carboxylic acids is 1. The molecule has 3 aromatic carbocycles. The van der Waals surface area contributed by atoms with Crippen molar-refractivity contribution in [2.24, 2.45) is 0 Å². The van der Waals surface area contributed by atoms with Gasteiger partial charge in [-0.2, -0.15) is 10.2 Å². The van der Waals surface area contributed by atoms with Gasteiger partial charge in [0.25, 0.3) is 5.91 Å². The lowest BCUT2D eigenvalue weighted by Crippen LogP contribution is -2.31. The minimum absolute atomic E-state index is 0.237. The summed E-state index contributed by atoms with van der Waals surface area (Å²) in [6.45, 7) is 1.86. The molecule has 8 heteroatoms. The lowest BCUT2D eigenvalue weighted by atomic mass is 9.94. The molecule has 0 saturated carbocycles. The second-order valence-electron chi connectivity index (χ2n) is 8.77. The number of hydrogen-bond donors (Lipinski definition) is 2. The van der Waals surface area contributed by atoms with Crippen molar-refractivity contribution >= 4 is 23.2 Å². The maximum Gasteiger partial charge on any atom is 0.255 e. The summed E-state index contributed by atoms with van der Waals surface area (Å²) in [6, 6.07) is 26.2. The van der Waals surface area contributed by atoms with Gasteiger partial charge in [-0.15, -0.1) is 5.10 Å². The molecule has 1 atom stereocenters. The molecular weight excluding hydrogens is 450 g/mol. The SMILES string of the molecule is CC1=C(C(=O)Nc2ccccc2)C(c2ccc(C#N)cc2)n2nc(-c3ccc(N(C)C)cc3)nc2N1. The van der Waals surface area contributed by atoms with Crippen LogP contribution in [-0.2, 0) is 4.79 Å².